The van der Waals surface area contributed by atoms with E-state index in [0.717, 1.165) is 0 Å². The minimum atomic E-state index is -1.77. The quantitative estimate of drug-likeness (QED) is 0.540. The van der Waals surface area contributed by atoms with Crippen molar-refractivity contribution in [1.29, 1.82) is 0 Å². The summed E-state index contributed by atoms with van der Waals surface area (Å²) in [6, 6.07) is 3.22. The first-order valence-corrected chi connectivity index (χ1v) is 8.27. The molecule has 0 amide bonds. The third-order valence-corrected chi connectivity index (χ3v) is 4.46. The van der Waals surface area contributed by atoms with Gasteiger partial charge in [0.15, 0.2) is 11.6 Å². The molecule has 0 radical (unpaired) electrons. The molecule has 0 bridgehead atoms. The maximum absolute atomic E-state index is 13.4. The lowest BCUT2D eigenvalue weighted by molar-refractivity contribution is 0.509. The first-order chi connectivity index (χ1) is 5.84. The van der Waals surface area contributed by atoms with Gasteiger partial charge in [0.05, 0.1) is 12.5 Å². The SMILES string of the molecule is C[Si](C)(C)c1ccc(Br)c(F)c1F. The molecule has 0 spiro atoms. The fourth-order valence-electron chi connectivity index (χ4n) is 1.11. The Morgan fingerprint density at radius 1 is 1.08 bits per heavy atom. The fourth-order valence-corrected chi connectivity index (χ4v) is 2.76. The number of hydrogen-bond acceptors (Lipinski definition) is 0. The van der Waals surface area contributed by atoms with Crippen LogP contribution in [-0.4, -0.2) is 8.07 Å². The van der Waals surface area contributed by atoms with E-state index < -0.39 is 19.7 Å². The van der Waals surface area contributed by atoms with Crippen molar-refractivity contribution in [2.45, 2.75) is 19.6 Å². The molecule has 0 atom stereocenters. The monoisotopic (exact) mass is 264 g/mol. The molecule has 0 aromatic heterocycles. The lowest BCUT2D eigenvalue weighted by Gasteiger charge is -2.17. The van der Waals surface area contributed by atoms with Crippen molar-refractivity contribution in [2.75, 3.05) is 0 Å². The van der Waals surface area contributed by atoms with Crippen LogP contribution in [0.1, 0.15) is 0 Å². The molecule has 0 aliphatic carbocycles. The van der Waals surface area contributed by atoms with Crippen LogP contribution in [-0.2, 0) is 0 Å². The van der Waals surface area contributed by atoms with Gasteiger partial charge < -0.3 is 0 Å². The van der Waals surface area contributed by atoms with Gasteiger partial charge in [-0.2, -0.15) is 0 Å². The lowest BCUT2D eigenvalue weighted by Crippen LogP contribution is -2.40. The maximum Gasteiger partial charge on any atom is 0.172 e. The second-order valence-corrected chi connectivity index (χ2v) is 9.87. The van der Waals surface area contributed by atoms with E-state index in [2.05, 4.69) is 15.9 Å². The van der Waals surface area contributed by atoms with Crippen LogP contribution in [0.5, 0.6) is 0 Å². The molecule has 0 aliphatic rings. The summed E-state index contributed by atoms with van der Waals surface area (Å²) < 4.78 is 26.7. The van der Waals surface area contributed by atoms with E-state index in [9.17, 15) is 8.78 Å². The Morgan fingerprint density at radius 3 is 2.08 bits per heavy atom. The van der Waals surface area contributed by atoms with Crippen LogP contribution in [0.2, 0.25) is 19.6 Å². The van der Waals surface area contributed by atoms with Crippen LogP contribution in [0, 0.1) is 11.6 Å². The van der Waals surface area contributed by atoms with Crippen LogP contribution in [0.4, 0.5) is 8.78 Å². The molecule has 1 rings (SSSR count). The molecule has 0 unspecified atom stereocenters. The zero-order chi connectivity index (χ0) is 10.2. The van der Waals surface area contributed by atoms with Gasteiger partial charge in [0.2, 0.25) is 0 Å². The Balaban J connectivity index is 3.35. The molecule has 0 saturated carbocycles. The summed E-state index contributed by atoms with van der Waals surface area (Å²) in [6.45, 7) is 5.95. The summed E-state index contributed by atoms with van der Waals surface area (Å²) in [5, 5.41) is 0.535. The molecular formula is C9H11BrF2Si. The first kappa shape index (κ1) is 10.9. The summed E-state index contributed by atoms with van der Waals surface area (Å²) in [5.41, 5.74) is 0. The van der Waals surface area contributed by atoms with E-state index in [1.807, 2.05) is 19.6 Å². The van der Waals surface area contributed by atoms with Crippen LogP contribution in [0.3, 0.4) is 0 Å². The van der Waals surface area contributed by atoms with Crippen molar-refractivity contribution in [2.24, 2.45) is 0 Å². The van der Waals surface area contributed by atoms with E-state index in [0.29, 0.717) is 5.19 Å². The minimum Gasteiger partial charge on any atom is -0.204 e. The molecular weight excluding hydrogens is 254 g/mol. The molecule has 0 fully saturated rings. The second kappa shape index (κ2) is 3.50. The van der Waals surface area contributed by atoms with E-state index in [1.54, 1.807) is 12.1 Å². The zero-order valence-electron chi connectivity index (χ0n) is 7.79. The van der Waals surface area contributed by atoms with Crippen molar-refractivity contribution in [3.05, 3.63) is 28.2 Å². The number of halogens is 3. The van der Waals surface area contributed by atoms with Gasteiger partial charge >= 0.3 is 0 Å². The highest BCUT2D eigenvalue weighted by Crippen LogP contribution is 2.18. The largest absolute Gasteiger partial charge is 0.204 e. The fraction of sp³-hybridized carbons (Fsp3) is 0.333. The normalized spacial score (nSPS) is 11.8. The standard InChI is InChI=1S/C9H11BrF2Si/c1-13(2,3)7-5-4-6(10)8(11)9(7)12/h4-5H,1-3H3. The molecule has 0 saturated heterocycles. The molecule has 72 valence electrons. The average molecular weight is 265 g/mol. The molecule has 0 N–H and O–H groups in total. The third kappa shape index (κ3) is 2.17. The summed E-state index contributed by atoms with van der Waals surface area (Å²) in [4.78, 5) is 0. The van der Waals surface area contributed by atoms with Gasteiger partial charge in [0, 0.05) is 0 Å². The smallest absolute Gasteiger partial charge is 0.172 e. The van der Waals surface area contributed by atoms with Crippen molar-refractivity contribution in [3.8, 4) is 0 Å². The second-order valence-electron chi connectivity index (χ2n) is 3.97. The highest BCUT2D eigenvalue weighted by Gasteiger charge is 2.23. The Kier molecular flexibility index (Phi) is 2.92. The predicted octanol–water partition coefficient (Wildman–Crippen LogP) is 3.27. The Bertz CT molecular complexity index is 331. The van der Waals surface area contributed by atoms with Gasteiger partial charge in [-0.25, -0.2) is 8.78 Å². The average Bonchev–Trinajstić information content (AvgIpc) is 1.98. The minimum absolute atomic E-state index is 0.187. The van der Waals surface area contributed by atoms with E-state index in [4.69, 9.17) is 0 Å². The van der Waals surface area contributed by atoms with Crippen LogP contribution in [0.25, 0.3) is 0 Å². The van der Waals surface area contributed by atoms with Crippen molar-refractivity contribution in [3.63, 3.8) is 0 Å². The number of rotatable bonds is 1. The molecule has 4 heteroatoms. The summed E-state index contributed by atoms with van der Waals surface area (Å²) >= 11 is 2.95. The first-order valence-electron chi connectivity index (χ1n) is 3.98. The van der Waals surface area contributed by atoms with Crippen molar-refractivity contribution >= 4 is 29.2 Å². The van der Waals surface area contributed by atoms with Crippen molar-refractivity contribution in [1.82, 2.24) is 0 Å². The van der Waals surface area contributed by atoms with Gasteiger partial charge in [-0.05, 0) is 27.2 Å². The summed E-state index contributed by atoms with van der Waals surface area (Å²) in [6.07, 6.45) is 0. The van der Waals surface area contributed by atoms with Crippen LogP contribution >= 0.6 is 15.9 Å². The predicted molar refractivity (Wildman–Crippen MR) is 57.0 cm³/mol. The van der Waals surface area contributed by atoms with Gasteiger partial charge in [0.1, 0.15) is 0 Å². The molecule has 1 aromatic rings. The highest BCUT2D eigenvalue weighted by atomic mass is 79.9. The van der Waals surface area contributed by atoms with Gasteiger partial charge in [-0.3, -0.25) is 0 Å². The van der Waals surface area contributed by atoms with Gasteiger partial charge in [-0.15, -0.1) is 0 Å². The van der Waals surface area contributed by atoms with Crippen molar-refractivity contribution < 1.29 is 8.78 Å². The molecule has 0 aliphatic heterocycles. The Morgan fingerprint density at radius 2 is 1.62 bits per heavy atom. The topological polar surface area (TPSA) is 0 Å². The van der Waals surface area contributed by atoms with Crippen LogP contribution in [0.15, 0.2) is 16.6 Å². The number of hydrogen-bond donors (Lipinski definition) is 0. The Hall–Kier alpha value is -0.223. The summed E-state index contributed by atoms with van der Waals surface area (Å²) in [5.74, 6) is -1.48. The van der Waals surface area contributed by atoms with Gasteiger partial charge in [-0.1, -0.05) is 25.7 Å². The summed E-state index contributed by atoms with van der Waals surface area (Å²) in [7, 11) is -1.77. The van der Waals surface area contributed by atoms with E-state index in [1.165, 1.54) is 0 Å². The Labute approximate surface area is 86.1 Å². The zero-order valence-corrected chi connectivity index (χ0v) is 10.4. The molecule has 13 heavy (non-hydrogen) atoms. The van der Waals surface area contributed by atoms with Gasteiger partial charge in [0.25, 0.3) is 0 Å². The lowest BCUT2D eigenvalue weighted by atomic mass is 10.3. The third-order valence-electron chi connectivity index (χ3n) is 1.84. The number of benzene rings is 1. The van der Waals surface area contributed by atoms with E-state index in [-0.39, 0.29) is 4.47 Å². The van der Waals surface area contributed by atoms with Crippen LogP contribution < -0.4 is 5.19 Å². The molecule has 0 nitrogen and oxygen atoms in total. The molecule has 0 heterocycles. The maximum atomic E-state index is 13.4. The molecule has 1 aromatic carbocycles. The van der Waals surface area contributed by atoms with E-state index >= 15 is 0 Å². The highest BCUT2D eigenvalue weighted by molar-refractivity contribution is 9.10.